The van der Waals surface area contributed by atoms with E-state index in [-0.39, 0.29) is 24.0 Å². The zero-order valence-corrected chi connectivity index (χ0v) is 11.6. The molecular formula is C16H14ClNO2. The van der Waals surface area contributed by atoms with Crippen LogP contribution in [0.3, 0.4) is 0 Å². The molecule has 3 nitrogen and oxygen atoms in total. The van der Waals surface area contributed by atoms with E-state index in [1.807, 2.05) is 18.2 Å². The number of hydrogen-bond donors (Lipinski definition) is 1. The molecule has 0 heterocycles. The van der Waals surface area contributed by atoms with E-state index in [1.54, 1.807) is 36.4 Å². The van der Waals surface area contributed by atoms with Crippen LogP contribution in [-0.2, 0) is 4.79 Å². The zero-order valence-electron chi connectivity index (χ0n) is 10.8. The SMILES string of the molecule is O=C(CCCl)Nc1ccc(C(=O)c2ccccc2)cc1. The van der Waals surface area contributed by atoms with Gasteiger partial charge >= 0.3 is 0 Å². The van der Waals surface area contributed by atoms with Crippen LogP contribution in [0.15, 0.2) is 54.6 Å². The van der Waals surface area contributed by atoms with Crippen LogP contribution in [-0.4, -0.2) is 17.6 Å². The Balaban J connectivity index is 2.08. The minimum Gasteiger partial charge on any atom is -0.326 e. The van der Waals surface area contributed by atoms with E-state index in [0.29, 0.717) is 16.8 Å². The Morgan fingerprint density at radius 3 is 2.10 bits per heavy atom. The Hall–Kier alpha value is -2.13. The summed E-state index contributed by atoms with van der Waals surface area (Å²) in [5, 5.41) is 2.71. The highest BCUT2D eigenvalue weighted by molar-refractivity contribution is 6.19. The van der Waals surface area contributed by atoms with E-state index in [4.69, 9.17) is 11.6 Å². The number of nitrogens with one attached hydrogen (secondary N) is 1. The van der Waals surface area contributed by atoms with Gasteiger partial charge in [0.25, 0.3) is 0 Å². The van der Waals surface area contributed by atoms with Crippen LogP contribution >= 0.6 is 11.6 Å². The van der Waals surface area contributed by atoms with Crippen LogP contribution in [0.25, 0.3) is 0 Å². The van der Waals surface area contributed by atoms with Crippen molar-refractivity contribution >= 4 is 29.0 Å². The fourth-order valence-corrected chi connectivity index (χ4v) is 1.94. The van der Waals surface area contributed by atoms with Crippen molar-refractivity contribution in [1.82, 2.24) is 0 Å². The number of anilines is 1. The molecule has 2 aromatic rings. The highest BCUT2D eigenvalue weighted by atomic mass is 35.5. The topological polar surface area (TPSA) is 46.2 Å². The van der Waals surface area contributed by atoms with Crippen LogP contribution in [0, 0.1) is 0 Å². The zero-order chi connectivity index (χ0) is 14.4. The lowest BCUT2D eigenvalue weighted by Crippen LogP contribution is -2.11. The second-order valence-electron chi connectivity index (χ2n) is 4.26. The van der Waals surface area contributed by atoms with Crippen molar-refractivity contribution in [3.8, 4) is 0 Å². The first-order valence-electron chi connectivity index (χ1n) is 6.26. The Bertz CT molecular complexity index is 594. The Kier molecular flexibility index (Phi) is 4.91. The van der Waals surface area contributed by atoms with E-state index in [1.165, 1.54) is 0 Å². The molecule has 4 heteroatoms. The summed E-state index contributed by atoms with van der Waals surface area (Å²) >= 11 is 5.49. The van der Waals surface area contributed by atoms with E-state index in [9.17, 15) is 9.59 Å². The molecule has 1 N–H and O–H groups in total. The molecule has 0 spiro atoms. The number of hydrogen-bond acceptors (Lipinski definition) is 2. The summed E-state index contributed by atoms with van der Waals surface area (Å²) in [7, 11) is 0. The molecular weight excluding hydrogens is 274 g/mol. The Labute approximate surface area is 122 Å². The maximum Gasteiger partial charge on any atom is 0.225 e. The predicted octanol–water partition coefficient (Wildman–Crippen LogP) is 3.49. The van der Waals surface area contributed by atoms with Gasteiger partial charge in [0.05, 0.1) is 0 Å². The number of benzene rings is 2. The smallest absolute Gasteiger partial charge is 0.225 e. The van der Waals surface area contributed by atoms with Gasteiger partial charge in [0.1, 0.15) is 0 Å². The molecule has 20 heavy (non-hydrogen) atoms. The lowest BCUT2D eigenvalue weighted by atomic mass is 10.0. The van der Waals surface area contributed by atoms with Crippen molar-refractivity contribution in [2.45, 2.75) is 6.42 Å². The van der Waals surface area contributed by atoms with E-state index in [2.05, 4.69) is 5.32 Å². The van der Waals surface area contributed by atoms with Gasteiger partial charge in [-0.25, -0.2) is 0 Å². The number of halogens is 1. The first-order valence-corrected chi connectivity index (χ1v) is 6.80. The molecule has 0 saturated heterocycles. The lowest BCUT2D eigenvalue weighted by Gasteiger charge is -2.05. The predicted molar refractivity (Wildman–Crippen MR) is 80.3 cm³/mol. The number of rotatable bonds is 5. The fraction of sp³-hybridized carbons (Fsp3) is 0.125. The monoisotopic (exact) mass is 287 g/mol. The summed E-state index contributed by atoms with van der Waals surface area (Å²) in [4.78, 5) is 23.6. The normalized spacial score (nSPS) is 10.1. The molecule has 102 valence electrons. The molecule has 2 rings (SSSR count). The van der Waals surface area contributed by atoms with Gasteiger partial charge in [-0.3, -0.25) is 9.59 Å². The molecule has 0 radical (unpaired) electrons. The highest BCUT2D eigenvalue weighted by Gasteiger charge is 2.08. The molecule has 0 aliphatic carbocycles. The third kappa shape index (κ3) is 3.68. The third-order valence-corrected chi connectivity index (χ3v) is 2.98. The molecule has 0 atom stereocenters. The van der Waals surface area contributed by atoms with Gasteiger partial charge in [0.15, 0.2) is 5.78 Å². The molecule has 0 saturated carbocycles. The van der Waals surface area contributed by atoms with Crippen LogP contribution in [0.4, 0.5) is 5.69 Å². The summed E-state index contributed by atoms with van der Waals surface area (Å²) < 4.78 is 0. The molecule has 0 aliphatic heterocycles. The van der Waals surface area contributed by atoms with E-state index in [0.717, 1.165) is 0 Å². The van der Waals surface area contributed by atoms with Crippen LogP contribution in [0.5, 0.6) is 0 Å². The van der Waals surface area contributed by atoms with Gasteiger partial charge in [-0.1, -0.05) is 30.3 Å². The van der Waals surface area contributed by atoms with Crippen molar-refractivity contribution < 1.29 is 9.59 Å². The van der Waals surface area contributed by atoms with Crippen molar-refractivity contribution in [3.63, 3.8) is 0 Å². The van der Waals surface area contributed by atoms with Gasteiger partial charge in [-0.2, -0.15) is 0 Å². The second-order valence-corrected chi connectivity index (χ2v) is 4.64. The quantitative estimate of drug-likeness (QED) is 0.676. The number of alkyl halides is 1. The molecule has 0 aromatic heterocycles. The third-order valence-electron chi connectivity index (χ3n) is 2.79. The second kappa shape index (κ2) is 6.87. The number of carbonyl (C=O) groups is 2. The molecule has 1 amide bonds. The largest absolute Gasteiger partial charge is 0.326 e. The number of amides is 1. The maximum atomic E-state index is 12.2. The average Bonchev–Trinajstić information content (AvgIpc) is 2.48. The molecule has 0 aliphatic rings. The summed E-state index contributed by atoms with van der Waals surface area (Å²) in [6.45, 7) is 0. The average molecular weight is 288 g/mol. The summed E-state index contributed by atoms with van der Waals surface area (Å²) in [5.41, 5.74) is 1.89. The van der Waals surface area contributed by atoms with Crippen molar-refractivity contribution in [1.29, 1.82) is 0 Å². The highest BCUT2D eigenvalue weighted by Crippen LogP contribution is 2.14. The van der Waals surface area contributed by atoms with Gasteiger partial charge in [0.2, 0.25) is 5.91 Å². The van der Waals surface area contributed by atoms with Gasteiger partial charge < -0.3 is 5.32 Å². The number of carbonyl (C=O) groups excluding carboxylic acids is 2. The summed E-state index contributed by atoms with van der Waals surface area (Å²) in [6.07, 6.45) is 0.270. The van der Waals surface area contributed by atoms with Gasteiger partial charge in [0, 0.05) is 29.1 Å². The van der Waals surface area contributed by atoms with E-state index < -0.39 is 0 Å². The Morgan fingerprint density at radius 2 is 1.50 bits per heavy atom. The minimum atomic E-state index is -0.137. The van der Waals surface area contributed by atoms with Crippen molar-refractivity contribution in [2.24, 2.45) is 0 Å². The standard InChI is InChI=1S/C16H14ClNO2/c17-11-10-15(19)18-14-8-6-13(7-9-14)16(20)12-4-2-1-3-5-12/h1-9H,10-11H2,(H,18,19). The van der Waals surface area contributed by atoms with Crippen LogP contribution in [0.1, 0.15) is 22.3 Å². The lowest BCUT2D eigenvalue weighted by molar-refractivity contribution is -0.115. The van der Waals surface area contributed by atoms with Crippen LogP contribution in [0.2, 0.25) is 0 Å². The number of ketones is 1. The van der Waals surface area contributed by atoms with E-state index >= 15 is 0 Å². The summed E-state index contributed by atoms with van der Waals surface area (Å²) in [5.74, 6) is 0.113. The molecule has 0 fully saturated rings. The summed E-state index contributed by atoms with van der Waals surface area (Å²) in [6, 6.07) is 15.9. The molecule has 0 unspecified atom stereocenters. The maximum absolute atomic E-state index is 12.2. The van der Waals surface area contributed by atoms with Crippen molar-refractivity contribution in [2.75, 3.05) is 11.2 Å². The fourth-order valence-electron chi connectivity index (χ4n) is 1.77. The van der Waals surface area contributed by atoms with Crippen molar-refractivity contribution in [3.05, 3.63) is 65.7 Å². The molecule has 0 bridgehead atoms. The van der Waals surface area contributed by atoms with Gasteiger partial charge in [-0.15, -0.1) is 11.6 Å². The first kappa shape index (κ1) is 14.3. The minimum absolute atomic E-state index is 0.0377. The first-order chi connectivity index (χ1) is 9.70. The Morgan fingerprint density at radius 1 is 0.900 bits per heavy atom. The molecule has 2 aromatic carbocycles. The van der Waals surface area contributed by atoms with Crippen LogP contribution < -0.4 is 5.32 Å². The van der Waals surface area contributed by atoms with Gasteiger partial charge in [-0.05, 0) is 24.3 Å².